The van der Waals surface area contributed by atoms with E-state index in [1.54, 1.807) is 6.07 Å². The van der Waals surface area contributed by atoms with E-state index >= 15 is 0 Å². The predicted octanol–water partition coefficient (Wildman–Crippen LogP) is 3.85. The Kier molecular flexibility index (Phi) is 3.73. The molecule has 0 atom stereocenters. The van der Waals surface area contributed by atoms with Crippen LogP contribution >= 0.6 is 0 Å². The average molecular weight is 266 g/mol. The fourth-order valence-electron chi connectivity index (χ4n) is 1.89. The van der Waals surface area contributed by atoms with Crippen molar-refractivity contribution in [2.24, 2.45) is 0 Å². The van der Waals surface area contributed by atoms with Gasteiger partial charge in [-0.25, -0.2) is 0 Å². The Bertz CT molecular complexity index is 604. The van der Waals surface area contributed by atoms with E-state index in [4.69, 9.17) is 5.26 Å². The van der Waals surface area contributed by atoms with Crippen LogP contribution in [0.3, 0.4) is 0 Å². The molecule has 0 radical (unpaired) electrons. The van der Waals surface area contributed by atoms with Gasteiger partial charge in [0.1, 0.15) is 0 Å². The van der Waals surface area contributed by atoms with Crippen molar-refractivity contribution in [3.63, 3.8) is 0 Å². The molecule has 0 amide bonds. The minimum absolute atomic E-state index is 0.670. The molecule has 0 saturated carbocycles. The highest BCUT2D eigenvalue weighted by Gasteiger charge is 2.15. The number of nitrogens with one attached hydrogen (secondary N) is 1. The molecule has 0 unspecified atom stereocenters. The molecule has 2 nitrogen and oxygen atoms in total. The number of nitriles is 1. The summed E-state index contributed by atoms with van der Waals surface area (Å²) in [7, 11) is -1.23. The van der Waals surface area contributed by atoms with E-state index in [2.05, 4.69) is 55.3 Å². The third kappa shape index (κ3) is 3.46. The van der Waals surface area contributed by atoms with Gasteiger partial charge >= 0.3 is 0 Å². The van der Waals surface area contributed by atoms with Crippen LogP contribution in [0, 0.1) is 11.3 Å². The van der Waals surface area contributed by atoms with Crippen LogP contribution in [0.5, 0.6) is 0 Å². The van der Waals surface area contributed by atoms with Gasteiger partial charge < -0.3 is 5.32 Å². The van der Waals surface area contributed by atoms with Crippen LogP contribution in [0.4, 0.5) is 11.4 Å². The molecule has 0 saturated heterocycles. The average Bonchev–Trinajstić information content (AvgIpc) is 2.38. The van der Waals surface area contributed by atoms with Gasteiger partial charge in [-0.05, 0) is 30.3 Å². The van der Waals surface area contributed by atoms with Crippen molar-refractivity contribution in [3.8, 4) is 6.07 Å². The van der Waals surface area contributed by atoms with Crippen molar-refractivity contribution in [2.45, 2.75) is 19.6 Å². The van der Waals surface area contributed by atoms with Gasteiger partial charge in [-0.3, -0.25) is 0 Å². The smallest absolute Gasteiger partial charge is 0.0992 e. The van der Waals surface area contributed by atoms with Crippen LogP contribution in [0.2, 0.25) is 19.6 Å². The molecular formula is C16H18N2Si. The normalized spacial score (nSPS) is 10.8. The largest absolute Gasteiger partial charge is 0.355 e. The molecule has 2 aromatic carbocycles. The van der Waals surface area contributed by atoms with Gasteiger partial charge in [0, 0.05) is 11.4 Å². The van der Waals surface area contributed by atoms with E-state index in [1.807, 2.05) is 18.2 Å². The summed E-state index contributed by atoms with van der Waals surface area (Å²) in [5.41, 5.74) is 2.67. The summed E-state index contributed by atoms with van der Waals surface area (Å²) < 4.78 is 0. The summed E-state index contributed by atoms with van der Waals surface area (Å²) in [6.45, 7) is 7.02. The van der Waals surface area contributed by atoms with Crippen LogP contribution < -0.4 is 10.5 Å². The Labute approximate surface area is 115 Å². The molecule has 0 fully saturated rings. The maximum Gasteiger partial charge on any atom is 0.0992 e. The monoisotopic (exact) mass is 266 g/mol. The molecule has 0 spiro atoms. The van der Waals surface area contributed by atoms with E-state index in [9.17, 15) is 0 Å². The highest BCUT2D eigenvalue weighted by Crippen LogP contribution is 2.17. The number of benzene rings is 2. The zero-order valence-electron chi connectivity index (χ0n) is 11.6. The quantitative estimate of drug-likeness (QED) is 0.857. The van der Waals surface area contributed by atoms with Crippen LogP contribution in [0.25, 0.3) is 0 Å². The number of hydrogen-bond acceptors (Lipinski definition) is 2. The molecule has 0 aromatic heterocycles. The van der Waals surface area contributed by atoms with Crippen molar-refractivity contribution in [2.75, 3.05) is 5.32 Å². The summed E-state index contributed by atoms with van der Waals surface area (Å²) in [6, 6.07) is 18.3. The summed E-state index contributed by atoms with van der Waals surface area (Å²) in [6.07, 6.45) is 0. The molecule has 0 heterocycles. The first-order valence-electron chi connectivity index (χ1n) is 6.37. The second kappa shape index (κ2) is 5.29. The second-order valence-corrected chi connectivity index (χ2v) is 10.7. The standard InChI is InChI=1S/C16H18N2Si/c1-19(2,3)16-9-7-14(8-10-16)18-15-6-4-5-13(11-15)12-17/h4-11,18H,1-3H3. The second-order valence-electron chi connectivity index (χ2n) is 5.64. The summed E-state index contributed by atoms with van der Waals surface area (Å²) in [5, 5.41) is 13.7. The van der Waals surface area contributed by atoms with Gasteiger partial charge in [-0.1, -0.05) is 43.0 Å². The number of nitrogens with zero attached hydrogens (tertiary/aromatic N) is 1. The molecule has 96 valence electrons. The van der Waals surface area contributed by atoms with Crippen molar-refractivity contribution in [1.29, 1.82) is 5.26 Å². The number of rotatable bonds is 3. The summed E-state index contributed by atoms with van der Waals surface area (Å²) in [4.78, 5) is 0. The molecule has 0 aliphatic heterocycles. The first-order chi connectivity index (χ1) is 8.99. The Morgan fingerprint density at radius 3 is 2.21 bits per heavy atom. The van der Waals surface area contributed by atoms with Crippen LogP contribution in [0.15, 0.2) is 48.5 Å². The summed E-state index contributed by atoms with van der Waals surface area (Å²) >= 11 is 0. The van der Waals surface area contributed by atoms with E-state index < -0.39 is 8.07 Å². The maximum atomic E-state index is 8.88. The molecule has 0 aliphatic rings. The molecule has 0 bridgehead atoms. The Balaban J connectivity index is 2.18. The molecular weight excluding hydrogens is 248 g/mol. The van der Waals surface area contributed by atoms with E-state index in [-0.39, 0.29) is 0 Å². The van der Waals surface area contributed by atoms with Gasteiger partial charge in [0.15, 0.2) is 0 Å². The van der Waals surface area contributed by atoms with Crippen LogP contribution in [0.1, 0.15) is 5.56 Å². The number of hydrogen-bond donors (Lipinski definition) is 1. The molecule has 1 N–H and O–H groups in total. The predicted molar refractivity (Wildman–Crippen MR) is 83.9 cm³/mol. The third-order valence-electron chi connectivity index (χ3n) is 3.03. The Morgan fingerprint density at radius 1 is 0.947 bits per heavy atom. The SMILES string of the molecule is C[Si](C)(C)c1ccc(Nc2cccc(C#N)c2)cc1. The fraction of sp³-hybridized carbons (Fsp3) is 0.188. The molecule has 19 heavy (non-hydrogen) atoms. The lowest BCUT2D eigenvalue weighted by Gasteiger charge is -2.17. The van der Waals surface area contributed by atoms with Gasteiger partial charge in [0.2, 0.25) is 0 Å². The Morgan fingerprint density at radius 2 is 1.63 bits per heavy atom. The minimum Gasteiger partial charge on any atom is -0.355 e. The first-order valence-corrected chi connectivity index (χ1v) is 9.87. The zero-order chi connectivity index (χ0) is 13.9. The first kappa shape index (κ1) is 13.4. The van der Waals surface area contributed by atoms with Crippen LogP contribution in [-0.4, -0.2) is 8.07 Å². The lowest BCUT2D eigenvalue weighted by molar-refractivity contribution is 1.47. The van der Waals surface area contributed by atoms with Gasteiger partial charge in [-0.2, -0.15) is 5.26 Å². The molecule has 2 rings (SSSR count). The molecule has 3 heteroatoms. The van der Waals surface area contributed by atoms with E-state index in [0.29, 0.717) is 5.56 Å². The zero-order valence-corrected chi connectivity index (χ0v) is 12.6. The fourth-order valence-corrected chi connectivity index (χ4v) is 3.05. The third-order valence-corrected chi connectivity index (χ3v) is 5.10. The molecule has 2 aromatic rings. The molecule has 0 aliphatic carbocycles. The lowest BCUT2D eigenvalue weighted by atomic mass is 10.2. The van der Waals surface area contributed by atoms with Gasteiger partial charge in [-0.15, -0.1) is 0 Å². The highest BCUT2D eigenvalue weighted by molar-refractivity contribution is 6.88. The van der Waals surface area contributed by atoms with Gasteiger partial charge in [0.05, 0.1) is 19.7 Å². The van der Waals surface area contributed by atoms with Crippen molar-refractivity contribution in [1.82, 2.24) is 0 Å². The van der Waals surface area contributed by atoms with E-state index in [0.717, 1.165) is 11.4 Å². The maximum absolute atomic E-state index is 8.88. The van der Waals surface area contributed by atoms with Crippen LogP contribution in [-0.2, 0) is 0 Å². The van der Waals surface area contributed by atoms with Crippen molar-refractivity contribution >= 4 is 24.6 Å². The highest BCUT2D eigenvalue weighted by atomic mass is 28.3. The Hall–Kier alpha value is -2.05. The topological polar surface area (TPSA) is 35.8 Å². The van der Waals surface area contributed by atoms with Crippen molar-refractivity contribution < 1.29 is 0 Å². The van der Waals surface area contributed by atoms with Gasteiger partial charge in [0.25, 0.3) is 0 Å². The lowest BCUT2D eigenvalue weighted by Crippen LogP contribution is -2.37. The van der Waals surface area contributed by atoms with E-state index in [1.165, 1.54) is 5.19 Å². The number of anilines is 2. The minimum atomic E-state index is -1.23. The van der Waals surface area contributed by atoms with Crippen molar-refractivity contribution in [3.05, 3.63) is 54.1 Å². The summed E-state index contributed by atoms with van der Waals surface area (Å²) in [5.74, 6) is 0.